The van der Waals surface area contributed by atoms with Crippen LogP contribution in [0, 0.1) is 0 Å². The Morgan fingerprint density at radius 3 is 2.67 bits per heavy atom. The summed E-state index contributed by atoms with van der Waals surface area (Å²) in [4.78, 5) is 10.2. The molecule has 0 fully saturated rings. The van der Waals surface area contributed by atoms with Crippen LogP contribution in [0.5, 0.6) is 5.75 Å². The van der Waals surface area contributed by atoms with E-state index in [0.29, 0.717) is 11.7 Å². The quantitative estimate of drug-likeness (QED) is 0.544. The van der Waals surface area contributed by atoms with E-state index in [1.165, 1.54) is 0 Å². The number of ether oxygens (including phenoxy) is 1. The number of rotatable bonds is 4. The first-order chi connectivity index (χ1) is 6.59. The molecule has 0 aromatic heterocycles. The fraction of sp³-hybridized carbons (Fsp3) is 0.364. The van der Waals surface area contributed by atoms with Crippen LogP contribution in [0.4, 0.5) is 0 Å². The molecule has 0 amide bonds. The fourth-order valence-corrected chi connectivity index (χ4v) is 1.11. The Balaban J connectivity index is 0.00000196. The van der Waals surface area contributed by atoms with Gasteiger partial charge in [0.15, 0.2) is 0 Å². The van der Waals surface area contributed by atoms with Crippen LogP contribution < -0.4 is 39.4 Å². The van der Waals surface area contributed by atoms with Crippen LogP contribution in [0.15, 0.2) is 24.3 Å². The molecule has 4 heteroatoms. The van der Waals surface area contributed by atoms with Crippen molar-refractivity contribution in [3.8, 4) is 5.75 Å². The zero-order valence-electron chi connectivity index (χ0n) is 9.32. The standard InChI is InChI=1S/C11H14O3.Na/c1-8(2)9-4-3-5-10(6-9)14-7-11(12)13;/h3-6,8H,7H2,1-2H3,(H,12,13);/q;+1/p-1. The van der Waals surface area contributed by atoms with Gasteiger partial charge in [-0.1, -0.05) is 26.0 Å². The van der Waals surface area contributed by atoms with E-state index < -0.39 is 12.6 Å². The van der Waals surface area contributed by atoms with Gasteiger partial charge in [0.25, 0.3) is 0 Å². The number of aliphatic carboxylic acids is 1. The monoisotopic (exact) mass is 216 g/mol. The van der Waals surface area contributed by atoms with E-state index in [1.807, 2.05) is 18.2 Å². The molecular formula is C11H13NaO3. The molecule has 0 aliphatic carbocycles. The van der Waals surface area contributed by atoms with Gasteiger partial charge >= 0.3 is 29.6 Å². The predicted octanol–water partition coefficient (Wildman–Crippen LogP) is -2.06. The van der Waals surface area contributed by atoms with E-state index in [4.69, 9.17) is 4.74 Å². The van der Waals surface area contributed by atoms with Gasteiger partial charge in [0.2, 0.25) is 0 Å². The van der Waals surface area contributed by atoms with Crippen molar-refractivity contribution >= 4 is 5.97 Å². The maximum absolute atomic E-state index is 10.2. The number of carboxylic acids is 1. The van der Waals surface area contributed by atoms with Crippen LogP contribution in [-0.4, -0.2) is 12.6 Å². The number of carboxylic acid groups (broad SMARTS) is 1. The third-order valence-corrected chi connectivity index (χ3v) is 1.88. The molecule has 0 N–H and O–H groups in total. The van der Waals surface area contributed by atoms with Crippen LogP contribution in [0.2, 0.25) is 0 Å². The number of hydrogen-bond donors (Lipinski definition) is 0. The Kier molecular flexibility index (Phi) is 6.65. The van der Waals surface area contributed by atoms with Gasteiger partial charge in [-0.05, 0) is 23.6 Å². The summed E-state index contributed by atoms with van der Waals surface area (Å²) < 4.78 is 5.00. The molecule has 1 aromatic carbocycles. The Morgan fingerprint density at radius 1 is 1.47 bits per heavy atom. The third kappa shape index (κ3) is 5.21. The first-order valence-electron chi connectivity index (χ1n) is 4.52. The van der Waals surface area contributed by atoms with Gasteiger partial charge in [-0.15, -0.1) is 0 Å². The minimum atomic E-state index is -1.21. The van der Waals surface area contributed by atoms with Crippen LogP contribution in [0.25, 0.3) is 0 Å². The van der Waals surface area contributed by atoms with Crippen molar-refractivity contribution < 1.29 is 44.2 Å². The first kappa shape index (κ1) is 14.5. The molecule has 1 rings (SSSR count). The first-order valence-corrected chi connectivity index (χ1v) is 4.52. The molecule has 15 heavy (non-hydrogen) atoms. The average molecular weight is 216 g/mol. The van der Waals surface area contributed by atoms with Crippen molar-refractivity contribution in [2.45, 2.75) is 19.8 Å². The zero-order valence-corrected chi connectivity index (χ0v) is 11.3. The van der Waals surface area contributed by atoms with E-state index >= 15 is 0 Å². The van der Waals surface area contributed by atoms with E-state index in [1.54, 1.807) is 6.07 Å². The maximum Gasteiger partial charge on any atom is 1.00 e. The molecule has 0 bridgehead atoms. The Morgan fingerprint density at radius 2 is 2.13 bits per heavy atom. The summed E-state index contributed by atoms with van der Waals surface area (Å²) in [7, 11) is 0. The van der Waals surface area contributed by atoms with Crippen molar-refractivity contribution in [2.24, 2.45) is 0 Å². The van der Waals surface area contributed by atoms with Gasteiger partial charge in [-0.2, -0.15) is 0 Å². The Labute approximate surface area is 112 Å². The summed E-state index contributed by atoms with van der Waals surface area (Å²) in [6.45, 7) is 3.73. The fourth-order valence-electron chi connectivity index (χ4n) is 1.11. The van der Waals surface area contributed by atoms with Crippen molar-refractivity contribution in [1.29, 1.82) is 0 Å². The van der Waals surface area contributed by atoms with Crippen molar-refractivity contribution in [3.05, 3.63) is 29.8 Å². The van der Waals surface area contributed by atoms with Crippen molar-refractivity contribution in [3.63, 3.8) is 0 Å². The molecule has 0 radical (unpaired) electrons. The van der Waals surface area contributed by atoms with Gasteiger partial charge in [-0.25, -0.2) is 0 Å². The topological polar surface area (TPSA) is 49.4 Å². The number of hydrogen-bond acceptors (Lipinski definition) is 3. The molecule has 0 unspecified atom stereocenters. The van der Waals surface area contributed by atoms with Gasteiger partial charge in [0.1, 0.15) is 12.4 Å². The predicted molar refractivity (Wildman–Crippen MR) is 51.0 cm³/mol. The summed E-state index contributed by atoms with van der Waals surface area (Å²) in [6.07, 6.45) is 0. The molecule has 76 valence electrons. The summed E-state index contributed by atoms with van der Waals surface area (Å²) in [5, 5.41) is 10.2. The van der Waals surface area contributed by atoms with Crippen LogP contribution >= 0.6 is 0 Å². The van der Waals surface area contributed by atoms with E-state index in [0.717, 1.165) is 5.56 Å². The molecule has 0 heterocycles. The Bertz CT molecular complexity index is 323. The second kappa shape index (κ2) is 6.88. The molecule has 0 spiro atoms. The molecule has 0 aliphatic rings. The van der Waals surface area contributed by atoms with Gasteiger partial charge in [-0.3, -0.25) is 0 Å². The summed E-state index contributed by atoms with van der Waals surface area (Å²) in [6, 6.07) is 7.40. The molecular weight excluding hydrogens is 203 g/mol. The van der Waals surface area contributed by atoms with Crippen LogP contribution in [0.3, 0.4) is 0 Å². The van der Waals surface area contributed by atoms with Crippen molar-refractivity contribution in [1.82, 2.24) is 0 Å². The normalized spacial score (nSPS) is 9.53. The van der Waals surface area contributed by atoms with E-state index in [-0.39, 0.29) is 29.6 Å². The molecule has 0 aliphatic heterocycles. The summed E-state index contributed by atoms with van der Waals surface area (Å²) in [5.74, 6) is -0.234. The summed E-state index contributed by atoms with van der Waals surface area (Å²) in [5.41, 5.74) is 1.13. The molecule has 3 nitrogen and oxygen atoms in total. The van der Waals surface area contributed by atoms with Crippen LogP contribution in [-0.2, 0) is 4.79 Å². The molecule has 0 saturated heterocycles. The van der Waals surface area contributed by atoms with Crippen molar-refractivity contribution in [2.75, 3.05) is 6.61 Å². The summed E-state index contributed by atoms with van der Waals surface area (Å²) >= 11 is 0. The second-order valence-electron chi connectivity index (χ2n) is 3.39. The minimum Gasteiger partial charge on any atom is -0.546 e. The number of carbonyl (C=O) groups is 1. The Hall–Kier alpha value is -0.510. The average Bonchev–Trinajstić information content (AvgIpc) is 2.15. The van der Waals surface area contributed by atoms with Gasteiger partial charge in [0, 0.05) is 0 Å². The third-order valence-electron chi connectivity index (χ3n) is 1.88. The second-order valence-corrected chi connectivity index (χ2v) is 3.39. The smallest absolute Gasteiger partial charge is 0.546 e. The maximum atomic E-state index is 10.2. The SMILES string of the molecule is CC(C)c1cccc(OCC(=O)[O-])c1.[Na+]. The molecule has 0 saturated carbocycles. The zero-order chi connectivity index (χ0) is 10.6. The minimum absolute atomic E-state index is 0. The largest absolute Gasteiger partial charge is 1.00 e. The number of benzene rings is 1. The molecule has 0 atom stereocenters. The van der Waals surface area contributed by atoms with Gasteiger partial charge in [0.05, 0.1) is 5.97 Å². The van der Waals surface area contributed by atoms with E-state index in [9.17, 15) is 9.90 Å². The van der Waals surface area contributed by atoms with E-state index in [2.05, 4.69) is 13.8 Å². The van der Waals surface area contributed by atoms with Gasteiger partial charge < -0.3 is 14.6 Å². The van der Waals surface area contributed by atoms with Crippen LogP contribution in [0.1, 0.15) is 25.3 Å². The molecule has 1 aromatic rings. The number of carbonyl (C=O) groups excluding carboxylic acids is 1.